The Kier molecular flexibility index (Phi) is 10.4. The summed E-state index contributed by atoms with van der Waals surface area (Å²) in [6.45, 7) is 9.20. The van der Waals surface area contributed by atoms with Crippen LogP contribution >= 0.6 is 11.6 Å². The van der Waals surface area contributed by atoms with Gasteiger partial charge in [-0.25, -0.2) is 9.97 Å². The highest BCUT2D eigenvalue weighted by Crippen LogP contribution is 2.36. The molecule has 2 aliphatic rings. The van der Waals surface area contributed by atoms with E-state index in [4.69, 9.17) is 16.3 Å². The number of nitrogens with one attached hydrogen (secondary N) is 4. The molecule has 3 aromatic heterocycles. The van der Waals surface area contributed by atoms with Crippen molar-refractivity contribution < 1.29 is 23.9 Å². The van der Waals surface area contributed by atoms with Gasteiger partial charge in [-0.15, -0.1) is 0 Å². The van der Waals surface area contributed by atoms with Crippen LogP contribution in [0.3, 0.4) is 0 Å². The van der Waals surface area contributed by atoms with E-state index in [1.54, 1.807) is 28.9 Å². The largest absolute Gasteiger partial charge is 0.453 e. The highest BCUT2D eigenvalue weighted by Gasteiger charge is 2.35. The first-order chi connectivity index (χ1) is 26.3. The molecule has 15 heteroatoms. The molecule has 2 fully saturated rings. The molecule has 4 N–H and O–H groups in total. The highest BCUT2D eigenvalue weighted by atomic mass is 35.5. The predicted molar refractivity (Wildman–Crippen MR) is 208 cm³/mol. The van der Waals surface area contributed by atoms with Gasteiger partial charge < -0.3 is 25.3 Å². The lowest BCUT2D eigenvalue weighted by Crippen LogP contribution is -2.59. The van der Waals surface area contributed by atoms with E-state index in [1.807, 2.05) is 65.2 Å². The molecular weight excluding hydrogens is 722 g/mol. The van der Waals surface area contributed by atoms with Crippen LogP contribution in [0.2, 0.25) is 5.02 Å². The Morgan fingerprint density at radius 3 is 2.40 bits per heavy atom. The quantitative estimate of drug-likeness (QED) is 0.133. The van der Waals surface area contributed by atoms with Gasteiger partial charge in [0.15, 0.2) is 11.4 Å². The van der Waals surface area contributed by atoms with E-state index in [-0.39, 0.29) is 35.5 Å². The number of ether oxygens (including phenoxy) is 1. The lowest BCUT2D eigenvalue weighted by atomic mass is 9.88. The Morgan fingerprint density at radius 2 is 1.76 bits per heavy atom. The first-order valence-electron chi connectivity index (χ1n) is 18.4. The van der Waals surface area contributed by atoms with Crippen LogP contribution in [0.4, 0.5) is 5.69 Å². The minimum Gasteiger partial charge on any atom is -0.453 e. The lowest BCUT2D eigenvalue weighted by Gasteiger charge is -2.42. The van der Waals surface area contributed by atoms with E-state index in [0.29, 0.717) is 64.8 Å². The van der Waals surface area contributed by atoms with Crippen molar-refractivity contribution in [2.24, 2.45) is 13.0 Å². The van der Waals surface area contributed by atoms with Crippen molar-refractivity contribution in [1.29, 1.82) is 0 Å². The second-order valence-corrected chi connectivity index (χ2v) is 15.4. The average Bonchev–Trinajstić information content (AvgIpc) is 3.74. The Hall–Kier alpha value is -5.76. The number of hydrogen-bond donors (Lipinski definition) is 4. The number of H-pyrrole nitrogens is 1. The number of anilines is 1. The van der Waals surface area contributed by atoms with E-state index in [9.17, 15) is 19.2 Å². The number of aromatic amines is 1. The third-order valence-corrected chi connectivity index (χ3v) is 10.7. The van der Waals surface area contributed by atoms with Crippen LogP contribution in [0.1, 0.15) is 74.0 Å². The van der Waals surface area contributed by atoms with Crippen molar-refractivity contribution in [1.82, 2.24) is 40.7 Å². The zero-order valence-electron chi connectivity index (χ0n) is 31.4. The standard InChI is InChI=1S/C40H44ClN9O5/c1-22(2)32(39(54)47-40(4)16-18-50(19-17-40)26-10-6-24(7-11-26)28-14-15-31(51)43-38(28)53)45-37(52)25-8-12-27(13-9-25)55-34-30(41)20-42-36-33(34)44-35(46-36)29-21-49(5)48-23(29)3/h6-13,20-22,28,32H,14-19H2,1-5H3,(H,45,52)(H,47,54)(H,42,44,46)(H,43,51,53)/t28-,32+/m0/s1. The van der Waals surface area contributed by atoms with Gasteiger partial charge in [0.1, 0.15) is 28.2 Å². The van der Waals surface area contributed by atoms with Crippen LogP contribution < -0.4 is 25.6 Å². The minimum absolute atomic E-state index is 0.163. The zero-order valence-corrected chi connectivity index (χ0v) is 32.2. The molecule has 2 atom stereocenters. The van der Waals surface area contributed by atoms with Crippen LogP contribution in [0.25, 0.3) is 22.6 Å². The van der Waals surface area contributed by atoms with Gasteiger partial charge in [0.25, 0.3) is 5.91 Å². The minimum atomic E-state index is -0.750. The topological polar surface area (TPSA) is 176 Å². The summed E-state index contributed by atoms with van der Waals surface area (Å²) < 4.78 is 7.89. The molecule has 2 aromatic carbocycles. The lowest BCUT2D eigenvalue weighted by molar-refractivity contribution is -0.134. The average molecular weight is 766 g/mol. The molecule has 0 bridgehead atoms. The van der Waals surface area contributed by atoms with Crippen molar-refractivity contribution >= 4 is 52.1 Å². The maximum absolute atomic E-state index is 13.7. The van der Waals surface area contributed by atoms with Gasteiger partial charge in [0, 0.05) is 49.5 Å². The number of pyridine rings is 1. The number of imide groups is 1. The third kappa shape index (κ3) is 8.04. The molecule has 286 valence electrons. The van der Waals surface area contributed by atoms with Crippen LogP contribution in [0, 0.1) is 12.8 Å². The fourth-order valence-electron chi connectivity index (χ4n) is 7.21. The summed E-state index contributed by atoms with van der Waals surface area (Å²) in [6.07, 6.45) is 5.63. The van der Waals surface area contributed by atoms with Gasteiger partial charge in [0.2, 0.25) is 17.7 Å². The zero-order chi connectivity index (χ0) is 39.0. The summed E-state index contributed by atoms with van der Waals surface area (Å²) in [5.41, 5.74) is 4.45. The summed E-state index contributed by atoms with van der Waals surface area (Å²) in [7, 11) is 1.84. The number of benzene rings is 2. The van der Waals surface area contributed by atoms with Crippen molar-refractivity contribution in [2.45, 2.75) is 70.9 Å². The van der Waals surface area contributed by atoms with Gasteiger partial charge in [-0.1, -0.05) is 37.6 Å². The fourth-order valence-corrected chi connectivity index (χ4v) is 7.39. The number of piperidine rings is 2. The number of halogens is 1. The summed E-state index contributed by atoms with van der Waals surface area (Å²) in [5, 5.41) is 13.3. The molecule has 0 saturated carbocycles. The number of carbonyl (C=O) groups excluding carboxylic acids is 4. The second kappa shape index (κ2) is 15.2. The number of carbonyl (C=O) groups is 4. The van der Waals surface area contributed by atoms with E-state index in [1.165, 1.54) is 6.20 Å². The fraction of sp³-hybridized carbons (Fsp3) is 0.375. The molecule has 5 aromatic rings. The van der Waals surface area contributed by atoms with Crippen molar-refractivity contribution in [3.63, 3.8) is 0 Å². The molecule has 2 aliphatic heterocycles. The molecule has 7 rings (SSSR count). The number of rotatable bonds is 10. The highest BCUT2D eigenvalue weighted by molar-refractivity contribution is 6.32. The molecule has 0 unspecified atom stereocenters. The van der Waals surface area contributed by atoms with Gasteiger partial charge in [-0.3, -0.25) is 29.2 Å². The molecule has 0 aliphatic carbocycles. The summed E-state index contributed by atoms with van der Waals surface area (Å²) >= 11 is 6.52. The van der Waals surface area contributed by atoms with E-state index in [0.717, 1.165) is 35.6 Å². The summed E-state index contributed by atoms with van der Waals surface area (Å²) in [5.74, 6) is -0.182. The SMILES string of the molecule is Cc1nn(C)cc1-c1nc2ncc(Cl)c(Oc3ccc(C(=O)N[C@@H](C(=O)NC4(C)CCN(c5ccc([C@@H]6CCC(=O)NC6=O)cc5)CC4)C(C)C)cc3)c2[nH]1. The molecule has 0 spiro atoms. The maximum Gasteiger partial charge on any atom is 0.251 e. The molecule has 4 amide bonds. The number of aryl methyl sites for hydroxylation is 2. The first-order valence-corrected chi connectivity index (χ1v) is 18.8. The smallest absolute Gasteiger partial charge is 0.251 e. The van der Waals surface area contributed by atoms with Gasteiger partial charge >= 0.3 is 0 Å². The third-order valence-electron chi connectivity index (χ3n) is 10.5. The van der Waals surface area contributed by atoms with Gasteiger partial charge in [-0.2, -0.15) is 5.10 Å². The van der Waals surface area contributed by atoms with Gasteiger partial charge in [-0.05, 0) is 81.0 Å². The maximum atomic E-state index is 13.7. The predicted octanol–water partition coefficient (Wildman–Crippen LogP) is 5.56. The number of fused-ring (bicyclic) bond motifs is 1. The number of hydrogen-bond acceptors (Lipinski definition) is 9. The Labute approximate surface area is 323 Å². The second-order valence-electron chi connectivity index (χ2n) is 15.0. The molecular formula is C40H44ClN9O5. The van der Waals surface area contributed by atoms with Crippen molar-refractivity contribution in [3.8, 4) is 22.9 Å². The number of amides is 4. The van der Waals surface area contributed by atoms with Crippen molar-refractivity contribution in [3.05, 3.63) is 82.8 Å². The first kappa shape index (κ1) is 37.6. The van der Waals surface area contributed by atoms with E-state index in [2.05, 4.69) is 40.9 Å². The van der Waals surface area contributed by atoms with Crippen LogP contribution in [0.15, 0.2) is 60.9 Å². The Bertz CT molecular complexity index is 2260. The molecule has 55 heavy (non-hydrogen) atoms. The molecule has 2 saturated heterocycles. The van der Waals surface area contributed by atoms with Crippen LogP contribution in [-0.4, -0.2) is 73.0 Å². The molecule has 14 nitrogen and oxygen atoms in total. The van der Waals surface area contributed by atoms with Crippen LogP contribution in [0.5, 0.6) is 11.5 Å². The van der Waals surface area contributed by atoms with E-state index < -0.39 is 11.6 Å². The van der Waals surface area contributed by atoms with Crippen molar-refractivity contribution in [2.75, 3.05) is 18.0 Å². The number of imidazole rings is 1. The monoisotopic (exact) mass is 765 g/mol. The molecule has 5 heterocycles. The Balaban J connectivity index is 0.952. The van der Waals surface area contributed by atoms with Gasteiger partial charge in [0.05, 0.1) is 23.4 Å². The summed E-state index contributed by atoms with van der Waals surface area (Å²) in [4.78, 5) is 65.4. The van der Waals surface area contributed by atoms with Crippen LogP contribution in [-0.2, 0) is 21.4 Å². The normalized spacial score (nSPS) is 17.6. The Morgan fingerprint density at radius 1 is 1.05 bits per heavy atom. The number of aromatic nitrogens is 5. The summed E-state index contributed by atoms with van der Waals surface area (Å²) in [6, 6.07) is 13.8. The molecule has 0 radical (unpaired) electrons. The number of nitrogens with zero attached hydrogens (tertiary/aromatic N) is 5. The van der Waals surface area contributed by atoms with E-state index >= 15 is 0 Å².